The molecule has 0 amide bonds. The molecule has 1 aliphatic heterocycles. The van der Waals surface area contributed by atoms with Crippen LogP contribution in [0.25, 0.3) is 0 Å². The van der Waals surface area contributed by atoms with E-state index in [1.54, 1.807) is 0 Å². The van der Waals surface area contributed by atoms with E-state index in [0.717, 1.165) is 25.8 Å². The predicted octanol–water partition coefficient (Wildman–Crippen LogP) is 4.09. The first-order valence-corrected chi connectivity index (χ1v) is 9.70. The second kappa shape index (κ2) is 6.60. The standard InChI is InChI=1S/C22H29NO2/c1-15-7-6-10-22(2)12-20-17(11-19(15)22)18(21(24)25-20)14-23-13-16-8-4-3-5-9-16/h3-5,8-9,17-20,23H,1,6-7,10-14H2,2H3/t17?,18-,19-,20+,22+/m0/s1. The Kier molecular flexibility index (Phi) is 4.45. The SMILES string of the molecule is C=C1CCC[C@]2(C)C[C@H]3OC(=O)[C@@H](CNCc4ccccc4)C3C[C@@H]12. The highest BCUT2D eigenvalue weighted by atomic mass is 16.6. The summed E-state index contributed by atoms with van der Waals surface area (Å²) in [5.74, 6) is 0.911. The van der Waals surface area contributed by atoms with Crippen LogP contribution in [0.4, 0.5) is 0 Å². The molecule has 1 saturated heterocycles. The van der Waals surface area contributed by atoms with Gasteiger partial charge in [-0.2, -0.15) is 0 Å². The van der Waals surface area contributed by atoms with Gasteiger partial charge in [-0.1, -0.05) is 49.4 Å². The van der Waals surface area contributed by atoms with Crippen molar-refractivity contribution in [2.45, 2.75) is 51.7 Å². The molecule has 1 N–H and O–H groups in total. The van der Waals surface area contributed by atoms with Gasteiger partial charge in [-0.15, -0.1) is 0 Å². The third-order valence-electron chi connectivity index (χ3n) is 6.86. The number of allylic oxidation sites excluding steroid dienone is 1. The number of rotatable bonds is 4. The zero-order valence-corrected chi connectivity index (χ0v) is 15.2. The molecule has 2 saturated carbocycles. The summed E-state index contributed by atoms with van der Waals surface area (Å²) in [5, 5.41) is 3.48. The summed E-state index contributed by atoms with van der Waals surface area (Å²) in [4.78, 5) is 12.5. The van der Waals surface area contributed by atoms with E-state index in [-0.39, 0.29) is 23.4 Å². The smallest absolute Gasteiger partial charge is 0.310 e. The quantitative estimate of drug-likeness (QED) is 0.663. The Balaban J connectivity index is 1.42. The summed E-state index contributed by atoms with van der Waals surface area (Å²) in [5.41, 5.74) is 2.94. The maximum atomic E-state index is 12.5. The number of benzene rings is 1. The minimum atomic E-state index is -0.00649. The Bertz CT molecular complexity index is 655. The lowest BCUT2D eigenvalue weighted by Crippen LogP contribution is -2.45. The second-order valence-corrected chi connectivity index (χ2v) is 8.52. The Labute approximate surface area is 150 Å². The van der Waals surface area contributed by atoms with Gasteiger partial charge in [0.15, 0.2) is 0 Å². The molecule has 0 radical (unpaired) electrons. The zero-order chi connectivity index (χ0) is 17.4. The molecule has 1 heterocycles. The van der Waals surface area contributed by atoms with Gasteiger partial charge < -0.3 is 10.1 Å². The van der Waals surface area contributed by atoms with Gasteiger partial charge in [0.25, 0.3) is 0 Å². The van der Waals surface area contributed by atoms with E-state index < -0.39 is 0 Å². The molecule has 134 valence electrons. The first-order valence-electron chi connectivity index (χ1n) is 9.70. The van der Waals surface area contributed by atoms with Crippen LogP contribution in [0.2, 0.25) is 0 Å². The van der Waals surface area contributed by atoms with Crippen LogP contribution in [0.5, 0.6) is 0 Å². The molecule has 0 spiro atoms. The molecule has 0 aromatic heterocycles. The number of hydrogen-bond donors (Lipinski definition) is 1. The predicted molar refractivity (Wildman–Crippen MR) is 98.8 cm³/mol. The lowest BCUT2D eigenvalue weighted by Gasteiger charge is -2.50. The molecular weight excluding hydrogens is 310 g/mol. The third-order valence-corrected chi connectivity index (χ3v) is 6.86. The molecule has 3 aliphatic rings. The monoisotopic (exact) mass is 339 g/mol. The van der Waals surface area contributed by atoms with Crippen molar-refractivity contribution in [3.63, 3.8) is 0 Å². The van der Waals surface area contributed by atoms with Gasteiger partial charge in [0, 0.05) is 19.0 Å². The summed E-state index contributed by atoms with van der Waals surface area (Å²) in [6.45, 7) is 8.26. The van der Waals surface area contributed by atoms with Crippen LogP contribution in [-0.2, 0) is 16.1 Å². The molecule has 2 aliphatic carbocycles. The number of esters is 1. The molecule has 3 fully saturated rings. The Morgan fingerprint density at radius 1 is 1.32 bits per heavy atom. The summed E-state index contributed by atoms with van der Waals surface area (Å²) in [6, 6.07) is 10.3. The van der Waals surface area contributed by atoms with Crippen LogP contribution < -0.4 is 5.32 Å². The summed E-state index contributed by atoms with van der Waals surface area (Å²) >= 11 is 0. The van der Waals surface area contributed by atoms with Crippen molar-refractivity contribution < 1.29 is 9.53 Å². The number of carbonyl (C=O) groups is 1. The van der Waals surface area contributed by atoms with E-state index in [4.69, 9.17) is 4.74 Å². The number of hydrogen-bond acceptors (Lipinski definition) is 3. The van der Waals surface area contributed by atoms with Crippen molar-refractivity contribution in [1.29, 1.82) is 0 Å². The number of carbonyl (C=O) groups excluding carboxylic acids is 1. The normalized spacial score (nSPS) is 37.3. The molecule has 3 heteroatoms. The zero-order valence-electron chi connectivity index (χ0n) is 15.2. The lowest BCUT2D eigenvalue weighted by molar-refractivity contribution is -0.146. The van der Waals surface area contributed by atoms with Crippen LogP contribution >= 0.6 is 0 Å². The first-order chi connectivity index (χ1) is 12.1. The molecule has 4 rings (SSSR count). The van der Waals surface area contributed by atoms with E-state index in [0.29, 0.717) is 18.4 Å². The maximum absolute atomic E-state index is 12.5. The van der Waals surface area contributed by atoms with Gasteiger partial charge in [-0.3, -0.25) is 4.79 Å². The van der Waals surface area contributed by atoms with Crippen LogP contribution in [0.1, 0.15) is 44.6 Å². The Hall–Kier alpha value is -1.61. The van der Waals surface area contributed by atoms with E-state index in [1.807, 2.05) is 18.2 Å². The second-order valence-electron chi connectivity index (χ2n) is 8.52. The topological polar surface area (TPSA) is 38.3 Å². The summed E-state index contributed by atoms with van der Waals surface area (Å²) in [6.07, 6.45) is 5.84. The molecule has 1 aromatic rings. The van der Waals surface area contributed by atoms with Crippen LogP contribution in [-0.4, -0.2) is 18.6 Å². The highest BCUT2D eigenvalue weighted by molar-refractivity contribution is 5.75. The molecule has 1 aromatic carbocycles. The summed E-state index contributed by atoms with van der Waals surface area (Å²) < 4.78 is 5.82. The van der Waals surface area contributed by atoms with Crippen molar-refractivity contribution in [2.75, 3.05) is 6.54 Å². The number of fused-ring (bicyclic) bond motifs is 2. The first kappa shape index (κ1) is 16.8. The van der Waals surface area contributed by atoms with Gasteiger partial charge in [0.2, 0.25) is 0 Å². The molecule has 1 unspecified atom stereocenters. The van der Waals surface area contributed by atoms with Crippen LogP contribution in [0.3, 0.4) is 0 Å². The van der Waals surface area contributed by atoms with E-state index >= 15 is 0 Å². The molecular formula is C22H29NO2. The molecule has 0 bridgehead atoms. The van der Waals surface area contributed by atoms with Crippen LogP contribution in [0, 0.1) is 23.2 Å². The average molecular weight is 339 g/mol. The molecule has 5 atom stereocenters. The van der Waals surface area contributed by atoms with Crippen LogP contribution in [0.15, 0.2) is 42.5 Å². The fourth-order valence-electron chi connectivity index (χ4n) is 5.46. The minimum absolute atomic E-state index is 0.00317. The lowest BCUT2D eigenvalue weighted by atomic mass is 9.55. The van der Waals surface area contributed by atoms with Crippen molar-refractivity contribution in [3.05, 3.63) is 48.0 Å². The summed E-state index contributed by atoms with van der Waals surface area (Å²) in [7, 11) is 0. The maximum Gasteiger partial charge on any atom is 0.310 e. The molecule has 3 nitrogen and oxygen atoms in total. The Morgan fingerprint density at radius 3 is 2.92 bits per heavy atom. The van der Waals surface area contributed by atoms with Gasteiger partial charge in [0.05, 0.1) is 5.92 Å². The van der Waals surface area contributed by atoms with E-state index in [9.17, 15) is 4.79 Å². The van der Waals surface area contributed by atoms with Gasteiger partial charge in [-0.25, -0.2) is 0 Å². The van der Waals surface area contributed by atoms with E-state index in [2.05, 4.69) is 31.0 Å². The number of nitrogens with one attached hydrogen (secondary N) is 1. The average Bonchev–Trinajstić information content (AvgIpc) is 2.88. The fourth-order valence-corrected chi connectivity index (χ4v) is 5.46. The minimum Gasteiger partial charge on any atom is -0.462 e. The van der Waals surface area contributed by atoms with E-state index in [1.165, 1.54) is 24.0 Å². The fraction of sp³-hybridized carbons (Fsp3) is 0.591. The largest absolute Gasteiger partial charge is 0.462 e. The van der Waals surface area contributed by atoms with Gasteiger partial charge >= 0.3 is 5.97 Å². The highest BCUT2D eigenvalue weighted by Gasteiger charge is 2.54. The van der Waals surface area contributed by atoms with Gasteiger partial charge in [0.1, 0.15) is 6.10 Å². The Morgan fingerprint density at radius 2 is 2.12 bits per heavy atom. The molecule has 25 heavy (non-hydrogen) atoms. The van der Waals surface area contributed by atoms with Crippen molar-refractivity contribution >= 4 is 5.97 Å². The number of ether oxygens (including phenoxy) is 1. The highest BCUT2D eigenvalue weighted by Crippen LogP contribution is 2.56. The van der Waals surface area contributed by atoms with Crippen molar-refractivity contribution in [3.8, 4) is 0 Å². The van der Waals surface area contributed by atoms with Crippen molar-refractivity contribution in [2.24, 2.45) is 23.2 Å². The van der Waals surface area contributed by atoms with Crippen molar-refractivity contribution in [1.82, 2.24) is 5.32 Å². The third kappa shape index (κ3) is 3.15. The van der Waals surface area contributed by atoms with Gasteiger partial charge in [-0.05, 0) is 49.0 Å².